The molecule has 0 aliphatic carbocycles. The molecule has 8 heteroatoms. The van der Waals surface area contributed by atoms with E-state index in [4.69, 9.17) is 11.6 Å². The highest BCUT2D eigenvalue weighted by atomic mass is 35.5. The van der Waals surface area contributed by atoms with E-state index in [0.717, 1.165) is 31.0 Å². The second-order valence-corrected chi connectivity index (χ2v) is 4.80. The number of anilines is 1. The Morgan fingerprint density at radius 2 is 2.35 bits per heavy atom. The Morgan fingerprint density at radius 3 is 3.20 bits per heavy atom. The van der Waals surface area contributed by atoms with Crippen molar-refractivity contribution in [1.29, 1.82) is 0 Å². The van der Waals surface area contributed by atoms with Crippen LogP contribution in [0.25, 0.3) is 0 Å². The first-order valence-corrected chi connectivity index (χ1v) is 6.68. The maximum Gasteiger partial charge on any atom is 0.319 e. The van der Waals surface area contributed by atoms with Crippen LogP contribution in [-0.2, 0) is 19.5 Å². The third kappa shape index (κ3) is 2.57. The van der Waals surface area contributed by atoms with E-state index >= 15 is 0 Å². The Morgan fingerprint density at radius 1 is 1.45 bits per heavy atom. The van der Waals surface area contributed by atoms with Crippen molar-refractivity contribution in [3.05, 3.63) is 35.1 Å². The van der Waals surface area contributed by atoms with Crippen molar-refractivity contribution in [2.45, 2.75) is 25.9 Å². The first-order valence-electron chi connectivity index (χ1n) is 6.30. The fourth-order valence-electron chi connectivity index (χ4n) is 2.15. The second-order valence-electron chi connectivity index (χ2n) is 4.44. The molecule has 0 bridgehead atoms. The van der Waals surface area contributed by atoms with Crippen LogP contribution in [0.2, 0.25) is 5.15 Å². The van der Waals surface area contributed by atoms with E-state index in [1.165, 1.54) is 0 Å². The molecule has 0 radical (unpaired) electrons. The normalized spacial score (nSPS) is 13.1. The molecule has 1 aliphatic rings. The van der Waals surface area contributed by atoms with Crippen LogP contribution < -0.4 is 10.6 Å². The quantitative estimate of drug-likeness (QED) is 0.842. The average Bonchev–Trinajstić information content (AvgIpc) is 3.02. The summed E-state index contributed by atoms with van der Waals surface area (Å²) in [5, 5.41) is 13.8. The summed E-state index contributed by atoms with van der Waals surface area (Å²) in [4.78, 5) is 15.7. The maximum atomic E-state index is 11.8. The molecule has 0 fully saturated rings. The molecule has 2 aromatic heterocycles. The number of halogens is 1. The first-order chi connectivity index (χ1) is 9.74. The monoisotopic (exact) mass is 292 g/mol. The van der Waals surface area contributed by atoms with Crippen LogP contribution in [0, 0.1) is 0 Å². The van der Waals surface area contributed by atoms with Gasteiger partial charge in [0, 0.05) is 19.2 Å². The van der Waals surface area contributed by atoms with Gasteiger partial charge in [0.25, 0.3) is 0 Å². The fraction of sp³-hybridized carbons (Fsp3) is 0.333. The van der Waals surface area contributed by atoms with E-state index in [1.807, 2.05) is 4.57 Å². The molecule has 0 atom stereocenters. The largest absolute Gasteiger partial charge is 0.331 e. The Kier molecular flexibility index (Phi) is 3.51. The van der Waals surface area contributed by atoms with E-state index in [0.29, 0.717) is 12.2 Å². The van der Waals surface area contributed by atoms with Crippen LogP contribution in [0.15, 0.2) is 18.3 Å². The highest BCUT2D eigenvalue weighted by molar-refractivity contribution is 6.32. The molecular formula is C12H13ClN6O. The van der Waals surface area contributed by atoms with Gasteiger partial charge in [0.05, 0.1) is 12.2 Å². The first kappa shape index (κ1) is 12.9. The molecular weight excluding hydrogens is 280 g/mol. The standard InChI is InChI=1S/C12H13ClN6O/c13-11-8(3-1-5-14-11)16-12(20)15-7-10-18-17-9-4-2-6-19(9)10/h1,3,5H,2,4,6-7H2,(H2,15,16,20). The maximum absolute atomic E-state index is 11.8. The van der Waals surface area contributed by atoms with Gasteiger partial charge in [-0.25, -0.2) is 9.78 Å². The molecule has 0 unspecified atom stereocenters. The number of rotatable bonds is 3. The lowest BCUT2D eigenvalue weighted by atomic mass is 10.4. The number of amides is 2. The third-order valence-electron chi connectivity index (χ3n) is 3.10. The van der Waals surface area contributed by atoms with Gasteiger partial charge in [0.1, 0.15) is 5.82 Å². The van der Waals surface area contributed by atoms with Gasteiger partial charge in [-0.3, -0.25) is 0 Å². The van der Waals surface area contributed by atoms with Gasteiger partial charge < -0.3 is 15.2 Å². The van der Waals surface area contributed by atoms with Crippen LogP contribution in [0.1, 0.15) is 18.1 Å². The molecule has 0 spiro atoms. The second kappa shape index (κ2) is 5.46. The summed E-state index contributed by atoms with van der Waals surface area (Å²) in [6.07, 6.45) is 3.59. The van der Waals surface area contributed by atoms with E-state index in [-0.39, 0.29) is 11.2 Å². The Hall–Kier alpha value is -2.15. The predicted octanol–water partition coefficient (Wildman–Crippen LogP) is 1.59. The summed E-state index contributed by atoms with van der Waals surface area (Å²) >= 11 is 5.86. The number of hydrogen-bond acceptors (Lipinski definition) is 4. The van der Waals surface area contributed by atoms with Gasteiger partial charge in [-0.1, -0.05) is 11.6 Å². The minimum atomic E-state index is -0.352. The van der Waals surface area contributed by atoms with Crippen molar-refractivity contribution in [2.24, 2.45) is 0 Å². The summed E-state index contributed by atoms with van der Waals surface area (Å²) in [6.45, 7) is 1.24. The smallest absolute Gasteiger partial charge is 0.319 e. The van der Waals surface area contributed by atoms with Crippen LogP contribution in [-0.4, -0.2) is 25.8 Å². The predicted molar refractivity (Wildman–Crippen MR) is 73.4 cm³/mol. The van der Waals surface area contributed by atoms with Crippen LogP contribution >= 0.6 is 11.6 Å². The van der Waals surface area contributed by atoms with Crippen molar-refractivity contribution < 1.29 is 4.79 Å². The van der Waals surface area contributed by atoms with Gasteiger partial charge >= 0.3 is 6.03 Å². The van der Waals surface area contributed by atoms with E-state index in [9.17, 15) is 4.79 Å². The molecule has 7 nitrogen and oxygen atoms in total. The summed E-state index contributed by atoms with van der Waals surface area (Å²) in [5.74, 6) is 1.75. The molecule has 20 heavy (non-hydrogen) atoms. The number of carbonyl (C=O) groups is 1. The highest BCUT2D eigenvalue weighted by Crippen LogP contribution is 2.17. The zero-order chi connectivity index (χ0) is 13.9. The van der Waals surface area contributed by atoms with Crippen molar-refractivity contribution >= 4 is 23.3 Å². The number of aromatic nitrogens is 4. The van der Waals surface area contributed by atoms with Crippen LogP contribution in [0.3, 0.4) is 0 Å². The number of pyridine rings is 1. The van der Waals surface area contributed by atoms with Gasteiger partial charge in [0.15, 0.2) is 11.0 Å². The number of aryl methyl sites for hydroxylation is 1. The summed E-state index contributed by atoms with van der Waals surface area (Å²) in [5.41, 5.74) is 0.470. The number of nitrogens with zero attached hydrogens (tertiary/aromatic N) is 4. The van der Waals surface area contributed by atoms with E-state index < -0.39 is 0 Å². The minimum absolute atomic E-state index is 0.256. The fourth-order valence-corrected chi connectivity index (χ4v) is 2.31. The number of carbonyl (C=O) groups excluding carboxylic acids is 1. The number of nitrogens with one attached hydrogen (secondary N) is 2. The SMILES string of the molecule is O=C(NCc1nnc2n1CCC2)Nc1cccnc1Cl. The molecule has 104 valence electrons. The van der Waals surface area contributed by atoms with Gasteiger partial charge in [-0.05, 0) is 18.6 Å². The number of hydrogen-bond donors (Lipinski definition) is 2. The number of urea groups is 1. The lowest BCUT2D eigenvalue weighted by molar-refractivity contribution is 0.251. The molecule has 2 aromatic rings. The van der Waals surface area contributed by atoms with Crippen LogP contribution in [0.4, 0.5) is 10.5 Å². The number of fused-ring (bicyclic) bond motifs is 1. The molecule has 0 saturated carbocycles. The molecule has 1 aliphatic heterocycles. The van der Waals surface area contributed by atoms with E-state index in [2.05, 4.69) is 25.8 Å². The molecule has 0 aromatic carbocycles. The van der Waals surface area contributed by atoms with Crippen molar-refractivity contribution in [3.63, 3.8) is 0 Å². The molecule has 2 amide bonds. The zero-order valence-electron chi connectivity index (χ0n) is 10.6. The summed E-state index contributed by atoms with van der Waals surface area (Å²) < 4.78 is 2.04. The van der Waals surface area contributed by atoms with Crippen molar-refractivity contribution in [2.75, 3.05) is 5.32 Å². The molecule has 0 saturated heterocycles. The lowest BCUT2D eigenvalue weighted by Crippen LogP contribution is -2.29. The van der Waals surface area contributed by atoms with Crippen LogP contribution in [0.5, 0.6) is 0 Å². The average molecular weight is 293 g/mol. The summed E-state index contributed by atoms with van der Waals surface area (Å²) in [7, 11) is 0. The summed E-state index contributed by atoms with van der Waals surface area (Å²) in [6, 6.07) is 3.03. The molecule has 2 N–H and O–H groups in total. The van der Waals surface area contributed by atoms with Crippen molar-refractivity contribution in [3.8, 4) is 0 Å². The zero-order valence-corrected chi connectivity index (χ0v) is 11.4. The lowest BCUT2D eigenvalue weighted by Gasteiger charge is -2.08. The van der Waals surface area contributed by atoms with Gasteiger partial charge in [-0.2, -0.15) is 0 Å². The third-order valence-corrected chi connectivity index (χ3v) is 3.40. The minimum Gasteiger partial charge on any atom is -0.331 e. The Balaban J connectivity index is 1.58. The molecule has 3 rings (SSSR count). The topological polar surface area (TPSA) is 84.7 Å². The highest BCUT2D eigenvalue weighted by Gasteiger charge is 2.17. The van der Waals surface area contributed by atoms with Gasteiger partial charge in [-0.15, -0.1) is 10.2 Å². The Labute approximate surface area is 120 Å². The Bertz CT molecular complexity index is 641. The van der Waals surface area contributed by atoms with Gasteiger partial charge in [0.2, 0.25) is 0 Å². The van der Waals surface area contributed by atoms with Crippen molar-refractivity contribution in [1.82, 2.24) is 25.1 Å². The molecule has 3 heterocycles. The van der Waals surface area contributed by atoms with E-state index in [1.54, 1.807) is 18.3 Å².